The maximum Gasteiger partial charge on any atom is 0.260 e. The fourth-order valence-electron chi connectivity index (χ4n) is 3.51. The summed E-state index contributed by atoms with van der Waals surface area (Å²) in [6.07, 6.45) is 0.741. The summed E-state index contributed by atoms with van der Waals surface area (Å²) in [6, 6.07) is 5.52. The smallest absolute Gasteiger partial charge is 0.260 e. The Hall–Kier alpha value is -1.31. The average molecular weight is 388 g/mol. The zero-order valence-electron chi connectivity index (χ0n) is 14.3. The molecule has 0 radical (unpaired) electrons. The monoisotopic (exact) mass is 387 g/mol. The summed E-state index contributed by atoms with van der Waals surface area (Å²) >= 11 is 5.98. The van der Waals surface area contributed by atoms with Gasteiger partial charge < -0.3 is 14.5 Å². The highest BCUT2D eigenvalue weighted by Gasteiger charge is 2.37. The molecule has 2 saturated heterocycles. The second kappa shape index (κ2) is 7.51. The molecule has 0 bridgehead atoms. The average Bonchev–Trinajstić information content (AvgIpc) is 2.96. The van der Waals surface area contributed by atoms with E-state index < -0.39 is 9.84 Å². The van der Waals surface area contributed by atoms with Crippen LogP contribution in [0, 0.1) is 6.92 Å². The van der Waals surface area contributed by atoms with Crippen LogP contribution in [0.25, 0.3) is 0 Å². The van der Waals surface area contributed by atoms with Gasteiger partial charge >= 0.3 is 0 Å². The number of benzene rings is 1. The van der Waals surface area contributed by atoms with Gasteiger partial charge in [0.05, 0.1) is 31.9 Å². The third-order valence-electron chi connectivity index (χ3n) is 5.06. The summed E-state index contributed by atoms with van der Waals surface area (Å²) in [7, 11) is -2.85. The van der Waals surface area contributed by atoms with Crippen LogP contribution in [0.4, 0.5) is 0 Å². The van der Waals surface area contributed by atoms with Crippen molar-refractivity contribution in [2.45, 2.75) is 19.4 Å². The molecule has 25 heavy (non-hydrogen) atoms. The Bertz CT molecular complexity index is 745. The number of rotatable bonds is 4. The number of aryl methyl sites for hydroxylation is 1. The molecule has 1 aromatic carbocycles. The predicted molar refractivity (Wildman–Crippen MR) is 96.0 cm³/mol. The first-order chi connectivity index (χ1) is 11.8. The maximum absolute atomic E-state index is 12.3. The van der Waals surface area contributed by atoms with Crippen molar-refractivity contribution >= 4 is 27.3 Å². The minimum atomic E-state index is -2.85. The zero-order chi connectivity index (χ0) is 18.0. The number of nitrogens with zero attached hydrogens (tertiary/aromatic N) is 1. The van der Waals surface area contributed by atoms with Crippen molar-refractivity contribution in [1.82, 2.24) is 4.90 Å². The largest absolute Gasteiger partial charge is 0.484 e. The summed E-state index contributed by atoms with van der Waals surface area (Å²) in [6.45, 7) is 4.79. The van der Waals surface area contributed by atoms with E-state index >= 15 is 0 Å². The molecule has 1 amide bonds. The van der Waals surface area contributed by atoms with Crippen LogP contribution >= 0.6 is 11.6 Å². The quantitative estimate of drug-likeness (QED) is 0.786. The first-order valence-corrected chi connectivity index (χ1v) is 10.8. The molecule has 8 heteroatoms. The normalized spacial score (nSPS) is 23.6. The van der Waals surface area contributed by atoms with Crippen molar-refractivity contribution in [2.24, 2.45) is 0 Å². The first kappa shape index (κ1) is 18.5. The summed E-state index contributed by atoms with van der Waals surface area (Å²) in [5.41, 5.74) is 0.912. The van der Waals surface area contributed by atoms with Crippen LogP contribution in [-0.4, -0.2) is 69.6 Å². The lowest BCUT2D eigenvalue weighted by Gasteiger charge is -2.34. The molecular weight excluding hydrogens is 364 g/mol. The van der Waals surface area contributed by atoms with E-state index in [0.717, 1.165) is 25.1 Å². The number of quaternary nitrogens is 1. The number of hydrogen-bond acceptors (Lipinski definition) is 4. The molecule has 0 aromatic heterocycles. The van der Waals surface area contributed by atoms with E-state index in [0.29, 0.717) is 29.6 Å². The molecule has 0 saturated carbocycles. The van der Waals surface area contributed by atoms with Crippen LogP contribution in [0.5, 0.6) is 5.75 Å². The number of carbonyl (C=O) groups excluding carboxylic acids is 1. The van der Waals surface area contributed by atoms with Gasteiger partial charge in [-0.05, 0) is 30.7 Å². The van der Waals surface area contributed by atoms with Gasteiger partial charge in [0.15, 0.2) is 16.4 Å². The van der Waals surface area contributed by atoms with Gasteiger partial charge in [0.1, 0.15) is 17.5 Å². The molecular formula is C17H24ClN2O4S+. The maximum atomic E-state index is 12.3. The van der Waals surface area contributed by atoms with E-state index in [9.17, 15) is 13.2 Å². The number of nitrogens with one attached hydrogen (secondary N) is 1. The van der Waals surface area contributed by atoms with Crippen LogP contribution in [0.1, 0.15) is 12.0 Å². The van der Waals surface area contributed by atoms with Gasteiger partial charge in [-0.25, -0.2) is 8.42 Å². The fourth-order valence-corrected chi connectivity index (χ4v) is 5.46. The lowest BCUT2D eigenvalue weighted by molar-refractivity contribution is -0.925. The number of amides is 1. The Balaban J connectivity index is 1.46. The SMILES string of the molecule is Cc1cc(OCC(=O)N2CC[NH+]([C@H]3CCS(=O)(=O)C3)CC2)ccc1Cl. The Kier molecular flexibility index (Phi) is 5.55. The van der Waals surface area contributed by atoms with Gasteiger partial charge in [0, 0.05) is 11.4 Å². The molecule has 1 atom stereocenters. The first-order valence-electron chi connectivity index (χ1n) is 8.56. The van der Waals surface area contributed by atoms with Crippen molar-refractivity contribution in [3.05, 3.63) is 28.8 Å². The molecule has 2 fully saturated rings. The van der Waals surface area contributed by atoms with Gasteiger partial charge in [-0.3, -0.25) is 4.79 Å². The molecule has 6 nitrogen and oxygen atoms in total. The minimum Gasteiger partial charge on any atom is -0.484 e. The molecule has 1 N–H and O–H groups in total. The van der Waals surface area contributed by atoms with Crippen molar-refractivity contribution in [1.29, 1.82) is 0 Å². The summed E-state index contributed by atoms with van der Waals surface area (Å²) in [5, 5.41) is 0.673. The number of sulfone groups is 1. The third kappa shape index (κ3) is 4.65. The summed E-state index contributed by atoms with van der Waals surface area (Å²) in [4.78, 5) is 15.4. The van der Waals surface area contributed by atoms with Crippen LogP contribution in [0.15, 0.2) is 18.2 Å². The number of halogens is 1. The van der Waals surface area contributed by atoms with Gasteiger partial charge in [-0.15, -0.1) is 0 Å². The summed E-state index contributed by atoms with van der Waals surface area (Å²) < 4.78 is 28.8. The van der Waals surface area contributed by atoms with Crippen LogP contribution < -0.4 is 9.64 Å². The topological polar surface area (TPSA) is 68.1 Å². The number of carbonyl (C=O) groups is 1. The summed E-state index contributed by atoms with van der Waals surface area (Å²) in [5.74, 6) is 1.19. The second-order valence-corrected chi connectivity index (χ2v) is 9.47. The molecule has 2 heterocycles. The molecule has 0 unspecified atom stereocenters. The molecule has 2 aliphatic rings. The minimum absolute atomic E-state index is 0.00815. The number of piperazine rings is 1. The molecule has 0 aliphatic carbocycles. The molecule has 138 valence electrons. The predicted octanol–water partition coefficient (Wildman–Crippen LogP) is -0.0586. The van der Waals surface area contributed by atoms with Crippen LogP contribution in [0.2, 0.25) is 5.02 Å². The van der Waals surface area contributed by atoms with Crippen molar-refractivity contribution in [2.75, 3.05) is 44.3 Å². The van der Waals surface area contributed by atoms with Gasteiger partial charge in [0.25, 0.3) is 5.91 Å². The molecule has 1 aromatic rings. The highest BCUT2D eigenvalue weighted by molar-refractivity contribution is 7.91. The van der Waals surface area contributed by atoms with Crippen molar-refractivity contribution < 1.29 is 22.8 Å². The second-order valence-electron chi connectivity index (χ2n) is 6.84. The van der Waals surface area contributed by atoms with Crippen LogP contribution in [0.3, 0.4) is 0 Å². The Morgan fingerprint density at radius 1 is 1.36 bits per heavy atom. The van der Waals surface area contributed by atoms with Gasteiger partial charge in [-0.2, -0.15) is 0 Å². The lowest BCUT2D eigenvalue weighted by Crippen LogP contribution is -3.18. The van der Waals surface area contributed by atoms with E-state index in [2.05, 4.69) is 0 Å². The zero-order valence-corrected chi connectivity index (χ0v) is 15.9. The number of ether oxygens (including phenoxy) is 1. The molecule has 0 spiro atoms. The third-order valence-corrected chi connectivity index (χ3v) is 7.25. The Morgan fingerprint density at radius 2 is 2.08 bits per heavy atom. The van der Waals surface area contributed by atoms with E-state index in [1.165, 1.54) is 4.90 Å². The number of hydrogen-bond donors (Lipinski definition) is 1. The van der Waals surface area contributed by atoms with E-state index in [4.69, 9.17) is 16.3 Å². The molecule has 3 rings (SSSR count). The standard InChI is InChI=1S/C17H23ClN2O4S/c1-13-10-15(2-3-16(13)18)24-11-17(21)20-7-5-19(6-8-20)14-4-9-25(22,23)12-14/h2-3,10,14H,4-9,11-12H2,1H3/p+1/t14-/m0/s1. The highest BCUT2D eigenvalue weighted by atomic mass is 35.5. The Morgan fingerprint density at radius 3 is 2.68 bits per heavy atom. The lowest BCUT2D eigenvalue weighted by atomic mass is 10.2. The van der Waals surface area contributed by atoms with E-state index in [1.807, 2.05) is 13.0 Å². The van der Waals surface area contributed by atoms with Gasteiger partial charge in [-0.1, -0.05) is 11.6 Å². The van der Waals surface area contributed by atoms with E-state index in [1.54, 1.807) is 17.0 Å². The Labute approximate surface area is 153 Å². The highest BCUT2D eigenvalue weighted by Crippen LogP contribution is 2.21. The van der Waals surface area contributed by atoms with E-state index in [-0.39, 0.29) is 24.3 Å². The van der Waals surface area contributed by atoms with Crippen molar-refractivity contribution in [3.63, 3.8) is 0 Å². The van der Waals surface area contributed by atoms with Gasteiger partial charge in [0.2, 0.25) is 0 Å². The van der Waals surface area contributed by atoms with Crippen molar-refractivity contribution in [3.8, 4) is 5.75 Å². The van der Waals surface area contributed by atoms with Crippen LogP contribution in [-0.2, 0) is 14.6 Å². The molecule has 2 aliphatic heterocycles. The fraction of sp³-hybridized carbons (Fsp3) is 0.588.